The third-order valence-electron chi connectivity index (χ3n) is 2.68. The molecular formula is C13H29NO. The maximum Gasteiger partial charge on any atom is 0.0619 e. The van der Waals surface area contributed by atoms with Gasteiger partial charge in [-0.05, 0) is 31.7 Å². The molecule has 0 saturated carbocycles. The Labute approximate surface area is 95.8 Å². The fraction of sp³-hybridized carbons (Fsp3) is 1.00. The van der Waals surface area contributed by atoms with Crippen molar-refractivity contribution in [2.24, 2.45) is 5.92 Å². The predicted octanol–water partition coefficient (Wildman–Crippen LogP) is 3.22. The molecule has 0 aromatic carbocycles. The molecule has 0 aliphatic heterocycles. The highest BCUT2D eigenvalue weighted by atomic mass is 16.5. The van der Waals surface area contributed by atoms with E-state index in [2.05, 4.69) is 33.0 Å². The van der Waals surface area contributed by atoms with Crippen LogP contribution in [0.2, 0.25) is 0 Å². The standard InChI is InChI=1S/C13H29NO/c1-5-8-12(4)10-15-11-13(7-3)14-9-6-2/h12-14H,5-11H2,1-4H3. The van der Waals surface area contributed by atoms with Crippen LogP contribution < -0.4 is 5.32 Å². The lowest BCUT2D eigenvalue weighted by atomic mass is 10.1. The minimum atomic E-state index is 0.541. The minimum absolute atomic E-state index is 0.541. The zero-order valence-corrected chi connectivity index (χ0v) is 11.0. The van der Waals surface area contributed by atoms with Crippen LogP contribution in [0.1, 0.15) is 53.4 Å². The van der Waals surface area contributed by atoms with E-state index in [1.165, 1.54) is 19.3 Å². The van der Waals surface area contributed by atoms with E-state index >= 15 is 0 Å². The van der Waals surface area contributed by atoms with Crippen LogP contribution in [0.3, 0.4) is 0 Å². The van der Waals surface area contributed by atoms with Gasteiger partial charge in [0.2, 0.25) is 0 Å². The molecule has 0 amide bonds. The molecule has 0 fully saturated rings. The van der Waals surface area contributed by atoms with Gasteiger partial charge in [-0.3, -0.25) is 0 Å². The van der Waals surface area contributed by atoms with Gasteiger partial charge in [-0.25, -0.2) is 0 Å². The molecule has 2 nitrogen and oxygen atoms in total. The minimum Gasteiger partial charge on any atom is -0.380 e. The molecular weight excluding hydrogens is 186 g/mol. The summed E-state index contributed by atoms with van der Waals surface area (Å²) >= 11 is 0. The quantitative estimate of drug-likeness (QED) is 0.604. The molecule has 0 heterocycles. The van der Waals surface area contributed by atoms with Crippen LogP contribution in [-0.4, -0.2) is 25.8 Å². The Hall–Kier alpha value is -0.0800. The molecule has 1 N–H and O–H groups in total. The summed E-state index contributed by atoms with van der Waals surface area (Å²) in [7, 11) is 0. The number of hydrogen-bond acceptors (Lipinski definition) is 2. The van der Waals surface area contributed by atoms with Crippen LogP contribution in [0.25, 0.3) is 0 Å². The Morgan fingerprint density at radius 2 is 1.80 bits per heavy atom. The molecule has 2 heteroatoms. The highest BCUT2D eigenvalue weighted by Crippen LogP contribution is 2.05. The van der Waals surface area contributed by atoms with Crippen LogP contribution in [0.15, 0.2) is 0 Å². The SMILES string of the molecule is CCCNC(CC)COCC(C)CCC. The average molecular weight is 215 g/mol. The van der Waals surface area contributed by atoms with Crippen LogP contribution >= 0.6 is 0 Å². The fourth-order valence-corrected chi connectivity index (χ4v) is 1.66. The second-order valence-corrected chi connectivity index (χ2v) is 4.49. The Kier molecular flexibility index (Phi) is 10.4. The van der Waals surface area contributed by atoms with E-state index in [-0.39, 0.29) is 0 Å². The summed E-state index contributed by atoms with van der Waals surface area (Å²) in [4.78, 5) is 0. The average Bonchev–Trinajstić information content (AvgIpc) is 2.23. The van der Waals surface area contributed by atoms with E-state index in [0.717, 1.165) is 26.2 Å². The van der Waals surface area contributed by atoms with Gasteiger partial charge in [0.1, 0.15) is 0 Å². The van der Waals surface area contributed by atoms with Gasteiger partial charge in [0.25, 0.3) is 0 Å². The topological polar surface area (TPSA) is 21.3 Å². The molecule has 0 aliphatic carbocycles. The van der Waals surface area contributed by atoms with Crippen molar-refractivity contribution in [1.29, 1.82) is 0 Å². The molecule has 0 spiro atoms. The Morgan fingerprint density at radius 1 is 1.07 bits per heavy atom. The van der Waals surface area contributed by atoms with Crippen molar-refractivity contribution >= 4 is 0 Å². The van der Waals surface area contributed by atoms with Crippen LogP contribution in [-0.2, 0) is 4.74 Å². The first-order chi connectivity index (χ1) is 7.24. The summed E-state index contributed by atoms with van der Waals surface area (Å²) in [6, 6.07) is 0.541. The molecule has 0 radical (unpaired) electrons. The van der Waals surface area contributed by atoms with E-state index in [4.69, 9.17) is 4.74 Å². The van der Waals surface area contributed by atoms with Gasteiger partial charge in [0.05, 0.1) is 6.61 Å². The molecule has 15 heavy (non-hydrogen) atoms. The van der Waals surface area contributed by atoms with Gasteiger partial charge in [-0.15, -0.1) is 0 Å². The van der Waals surface area contributed by atoms with Crippen molar-refractivity contribution in [2.75, 3.05) is 19.8 Å². The molecule has 2 atom stereocenters. The molecule has 92 valence electrons. The van der Waals surface area contributed by atoms with Crippen molar-refractivity contribution in [3.63, 3.8) is 0 Å². The van der Waals surface area contributed by atoms with E-state index < -0.39 is 0 Å². The van der Waals surface area contributed by atoms with Gasteiger partial charge < -0.3 is 10.1 Å². The molecule has 0 saturated heterocycles. The monoisotopic (exact) mass is 215 g/mol. The van der Waals surface area contributed by atoms with Crippen molar-refractivity contribution in [1.82, 2.24) is 5.32 Å². The van der Waals surface area contributed by atoms with Crippen molar-refractivity contribution < 1.29 is 4.74 Å². The van der Waals surface area contributed by atoms with Gasteiger partial charge >= 0.3 is 0 Å². The van der Waals surface area contributed by atoms with Gasteiger partial charge in [0.15, 0.2) is 0 Å². The Bertz CT molecular complexity index is 128. The maximum absolute atomic E-state index is 5.74. The number of hydrogen-bond donors (Lipinski definition) is 1. The molecule has 2 unspecified atom stereocenters. The zero-order chi connectivity index (χ0) is 11.5. The number of nitrogens with one attached hydrogen (secondary N) is 1. The van der Waals surface area contributed by atoms with E-state index in [0.29, 0.717) is 12.0 Å². The largest absolute Gasteiger partial charge is 0.380 e. The summed E-state index contributed by atoms with van der Waals surface area (Å²) < 4.78 is 5.74. The number of ether oxygens (including phenoxy) is 1. The fourth-order valence-electron chi connectivity index (χ4n) is 1.66. The smallest absolute Gasteiger partial charge is 0.0619 e. The Balaban J connectivity index is 3.44. The normalized spacial score (nSPS) is 15.2. The molecule has 0 aromatic heterocycles. The van der Waals surface area contributed by atoms with Crippen LogP contribution in [0.4, 0.5) is 0 Å². The summed E-state index contributed by atoms with van der Waals surface area (Å²) in [6.07, 6.45) is 4.89. The number of rotatable bonds is 10. The van der Waals surface area contributed by atoms with Gasteiger partial charge in [-0.2, -0.15) is 0 Å². The molecule has 0 bridgehead atoms. The van der Waals surface area contributed by atoms with E-state index in [1.54, 1.807) is 0 Å². The molecule has 0 aliphatic rings. The first-order valence-corrected chi connectivity index (χ1v) is 6.55. The Morgan fingerprint density at radius 3 is 2.33 bits per heavy atom. The lowest BCUT2D eigenvalue weighted by Gasteiger charge is -2.18. The van der Waals surface area contributed by atoms with E-state index in [9.17, 15) is 0 Å². The van der Waals surface area contributed by atoms with E-state index in [1.807, 2.05) is 0 Å². The summed E-state index contributed by atoms with van der Waals surface area (Å²) in [5.41, 5.74) is 0. The lowest BCUT2D eigenvalue weighted by Crippen LogP contribution is -2.33. The zero-order valence-electron chi connectivity index (χ0n) is 11.0. The molecule has 0 aromatic rings. The second-order valence-electron chi connectivity index (χ2n) is 4.49. The third-order valence-corrected chi connectivity index (χ3v) is 2.68. The summed E-state index contributed by atoms with van der Waals surface area (Å²) in [6.45, 7) is 11.8. The van der Waals surface area contributed by atoms with Crippen LogP contribution in [0, 0.1) is 5.92 Å². The molecule has 0 rings (SSSR count). The van der Waals surface area contributed by atoms with Crippen LogP contribution in [0.5, 0.6) is 0 Å². The summed E-state index contributed by atoms with van der Waals surface area (Å²) in [5, 5.41) is 3.50. The van der Waals surface area contributed by atoms with Gasteiger partial charge in [0, 0.05) is 12.6 Å². The second kappa shape index (κ2) is 10.4. The first kappa shape index (κ1) is 14.9. The highest BCUT2D eigenvalue weighted by molar-refractivity contribution is 4.63. The third kappa shape index (κ3) is 8.88. The van der Waals surface area contributed by atoms with Crippen molar-refractivity contribution in [3.8, 4) is 0 Å². The van der Waals surface area contributed by atoms with Crippen molar-refractivity contribution in [3.05, 3.63) is 0 Å². The predicted molar refractivity (Wildman–Crippen MR) is 67.3 cm³/mol. The maximum atomic E-state index is 5.74. The van der Waals surface area contributed by atoms with Crippen molar-refractivity contribution in [2.45, 2.75) is 59.4 Å². The highest BCUT2D eigenvalue weighted by Gasteiger charge is 2.06. The van der Waals surface area contributed by atoms with Gasteiger partial charge in [-0.1, -0.05) is 34.1 Å². The lowest BCUT2D eigenvalue weighted by molar-refractivity contribution is 0.0824. The summed E-state index contributed by atoms with van der Waals surface area (Å²) in [5.74, 6) is 0.707. The first-order valence-electron chi connectivity index (χ1n) is 6.55.